The maximum absolute atomic E-state index is 11.6. The molecule has 2 N–H and O–H groups in total. The van der Waals surface area contributed by atoms with Crippen molar-refractivity contribution in [1.82, 2.24) is 10.2 Å². The van der Waals surface area contributed by atoms with Crippen LogP contribution in [-0.4, -0.2) is 59.4 Å². The van der Waals surface area contributed by atoms with Gasteiger partial charge >= 0.3 is 5.97 Å². The second-order valence-corrected chi connectivity index (χ2v) is 6.80. The summed E-state index contributed by atoms with van der Waals surface area (Å²) in [5.74, 6) is -0.731. The number of hydrogen-bond acceptors (Lipinski definition) is 4. The summed E-state index contributed by atoms with van der Waals surface area (Å²) in [4.78, 5) is 14.0. The molecule has 2 unspecified atom stereocenters. The molecule has 0 amide bonds. The van der Waals surface area contributed by atoms with E-state index >= 15 is 0 Å². The van der Waals surface area contributed by atoms with Gasteiger partial charge in [0.2, 0.25) is 0 Å². The first-order valence-corrected chi connectivity index (χ1v) is 8.31. The van der Waals surface area contributed by atoms with E-state index in [0.717, 1.165) is 45.4 Å². The molecule has 0 aromatic rings. The van der Waals surface area contributed by atoms with Crippen LogP contribution in [0.1, 0.15) is 52.9 Å². The predicted molar refractivity (Wildman–Crippen MR) is 82.5 cm³/mol. The molecule has 2 fully saturated rings. The van der Waals surface area contributed by atoms with Crippen LogP contribution in [0.15, 0.2) is 0 Å². The monoisotopic (exact) mass is 298 g/mol. The molecule has 5 nitrogen and oxygen atoms in total. The molecule has 2 aliphatic rings. The van der Waals surface area contributed by atoms with E-state index in [0.29, 0.717) is 18.6 Å². The van der Waals surface area contributed by atoms with Gasteiger partial charge in [-0.05, 0) is 52.9 Å². The molecular weight excluding hydrogens is 268 g/mol. The summed E-state index contributed by atoms with van der Waals surface area (Å²) in [6, 6.07) is 0.682. The highest BCUT2D eigenvalue weighted by Crippen LogP contribution is 2.27. The third kappa shape index (κ3) is 4.66. The van der Waals surface area contributed by atoms with Crippen molar-refractivity contribution in [3.05, 3.63) is 0 Å². The first kappa shape index (κ1) is 16.7. The Bertz CT molecular complexity index is 351. The van der Waals surface area contributed by atoms with Gasteiger partial charge in [0.1, 0.15) is 5.54 Å². The zero-order chi connectivity index (χ0) is 15.5. The van der Waals surface area contributed by atoms with Crippen molar-refractivity contribution in [3.8, 4) is 0 Å². The number of nitrogens with one attached hydrogen (secondary N) is 1. The molecular formula is C16H30N2O3. The molecule has 2 rings (SSSR count). The van der Waals surface area contributed by atoms with Crippen LogP contribution < -0.4 is 5.32 Å². The van der Waals surface area contributed by atoms with Crippen molar-refractivity contribution in [1.29, 1.82) is 0 Å². The second kappa shape index (κ2) is 7.07. The summed E-state index contributed by atoms with van der Waals surface area (Å²) in [6.45, 7) is 8.81. The average Bonchev–Trinajstić information content (AvgIpc) is 3.23. The number of likely N-dealkylation sites (tertiary alicyclic amines) is 1. The van der Waals surface area contributed by atoms with Crippen molar-refractivity contribution < 1.29 is 14.6 Å². The van der Waals surface area contributed by atoms with Gasteiger partial charge in [-0.1, -0.05) is 0 Å². The summed E-state index contributed by atoms with van der Waals surface area (Å²) >= 11 is 0. The van der Waals surface area contributed by atoms with Crippen LogP contribution in [-0.2, 0) is 9.53 Å². The smallest absolute Gasteiger partial charge is 0.323 e. The lowest BCUT2D eigenvalue weighted by atomic mass is 9.91. The van der Waals surface area contributed by atoms with E-state index in [2.05, 4.69) is 17.1 Å². The van der Waals surface area contributed by atoms with Crippen molar-refractivity contribution >= 4 is 5.97 Å². The van der Waals surface area contributed by atoms with E-state index in [9.17, 15) is 9.90 Å². The highest BCUT2D eigenvalue weighted by molar-refractivity contribution is 5.78. The SMILES string of the molecule is CCOC1CCN(C(C)CC(C)(NC2CC2)C(=O)O)CC1. The van der Waals surface area contributed by atoms with Crippen LogP contribution >= 0.6 is 0 Å². The van der Waals surface area contributed by atoms with Gasteiger partial charge in [0.05, 0.1) is 6.10 Å². The van der Waals surface area contributed by atoms with Crippen LogP contribution in [0.25, 0.3) is 0 Å². The van der Waals surface area contributed by atoms with Crippen LogP contribution in [0.3, 0.4) is 0 Å². The van der Waals surface area contributed by atoms with Gasteiger partial charge in [-0.25, -0.2) is 0 Å². The van der Waals surface area contributed by atoms with Crippen LogP contribution in [0.5, 0.6) is 0 Å². The Kier molecular flexibility index (Phi) is 5.63. The molecule has 21 heavy (non-hydrogen) atoms. The highest BCUT2D eigenvalue weighted by atomic mass is 16.5. The van der Waals surface area contributed by atoms with Gasteiger partial charge in [-0.15, -0.1) is 0 Å². The zero-order valence-electron chi connectivity index (χ0n) is 13.6. The van der Waals surface area contributed by atoms with Gasteiger partial charge in [-0.2, -0.15) is 0 Å². The van der Waals surface area contributed by atoms with Crippen molar-refractivity contribution in [2.75, 3.05) is 19.7 Å². The quantitative estimate of drug-likeness (QED) is 0.716. The Hall–Kier alpha value is -0.650. The van der Waals surface area contributed by atoms with Gasteiger partial charge < -0.3 is 14.7 Å². The molecule has 1 saturated carbocycles. The molecule has 1 aliphatic heterocycles. The summed E-state index contributed by atoms with van der Waals surface area (Å²) in [5, 5.41) is 12.9. The summed E-state index contributed by atoms with van der Waals surface area (Å²) in [6.07, 6.45) is 5.36. The number of ether oxygens (including phenoxy) is 1. The second-order valence-electron chi connectivity index (χ2n) is 6.80. The standard InChI is InChI=1S/C16H30N2O3/c1-4-21-14-7-9-18(10-8-14)12(2)11-16(3,15(19)20)17-13-5-6-13/h12-14,17H,4-11H2,1-3H3,(H,19,20). The van der Waals surface area contributed by atoms with Crippen LogP contribution in [0, 0.1) is 0 Å². The maximum Gasteiger partial charge on any atom is 0.323 e. The topological polar surface area (TPSA) is 61.8 Å². The fourth-order valence-electron chi connectivity index (χ4n) is 3.33. The lowest BCUT2D eigenvalue weighted by Gasteiger charge is -2.39. The third-order valence-electron chi connectivity index (χ3n) is 4.78. The van der Waals surface area contributed by atoms with E-state index in [1.54, 1.807) is 0 Å². The van der Waals surface area contributed by atoms with Crippen molar-refractivity contribution in [2.24, 2.45) is 0 Å². The number of aliphatic carboxylic acids is 1. The molecule has 0 aromatic carbocycles. The fourth-order valence-corrected chi connectivity index (χ4v) is 3.33. The van der Waals surface area contributed by atoms with Gasteiger partial charge in [-0.3, -0.25) is 10.1 Å². The Morgan fingerprint density at radius 3 is 2.48 bits per heavy atom. The first-order chi connectivity index (χ1) is 9.94. The Labute approximate surface area is 128 Å². The summed E-state index contributed by atoms with van der Waals surface area (Å²) in [7, 11) is 0. The lowest BCUT2D eigenvalue weighted by molar-refractivity contribution is -0.145. The minimum Gasteiger partial charge on any atom is -0.480 e. The Morgan fingerprint density at radius 1 is 1.38 bits per heavy atom. The normalized spacial score (nSPS) is 25.5. The van der Waals surface area contributed by atoms with E-state index in [1.165, 1.54) is 0 Å². The van der Waals surface area contributed by atoms with Gasteiger partial charge in [0, 0.05) is 31.8 Å². The van der Waals surface area contributed by atoms with Crippen LogP contribution in [0.4, 0.5) is 0 Å². The molecule has 0 radical (unpaired) electrons. The molecule has 1 saturated heterocycles. The van der Waals surface area contributed by atoms with E-state index in [-0.39, 0.29) is 6.04 Å². The molecule has 0 bridgehead atoms. The molecule has 5 heteroatoms. The minimum absolute atomic E-state index is 0.278. The van der Waals surface area contributed by atoms with E-state index < -0.39 is 11.5 Å². The van der Waals surface area contributed by atoms with Crippen molar-refractivity contribution in [2.45, 2.75) is 76.6 Å². The lowest BCUT2D eigenvalue weighted by Crippen LogP contribution is -2.55. The van der Waals surface area contributed by atoms with Crippen LogP contribution in [0.2, 0.25) is 0 Å². The largest absolute Gasteiger partial charge is 0.480 e. The summed E-state index contributed by atoms with van der Waals surface area (Å²) in [5.41, 5.74) is -0.808. The molecule has 0 spiro atoms. The maximum atomic E-state index is 11.6. The average molecular weight is 298 g/mol. The number of carboxylic acid groups (broad SMARTS) is 1. The number of nitrogens with zero attached hydrogens (tertiary/aromatic N) is 1. The first-order valence-electron chi connectivity index (χ1n) is 8.31. The highest BCUT2D eigenvalue weighted by Gasteiger charge is 2.40. The fraction of sp³-hybridized carbons (Fsp3) is 0.938. The predicted octanol–water partition coefficient (Wildman–Crippen LogP) is 1.86. The number of carbonyl (C=O) groups is 1. The molecule has 122 valence electrons. The molecule has 1 aliphatic carbocycles. The van der Waals surface area contributed by atoms with E-state index in [4.69, 9.17) is 4.74 Å². The molecule has 0 aromatic heterocycles. The summed E-state index contributed by atoms with van der Waals surface area (Å²) < 4.78 is 5.68. The Morgan fingerprint density at radius 2 is 2.00 bits per heavy atom. The number of carboxylic acids is 1. The number of piperidine rings is 1. The molecule has 1 heterocycles. The van der Waals surface area contributed by atoms with Crippen molar-refractivity contribution in [3.63, 3.8) is 0 Å². The zero-order valence-corrected chi connectivity index (χ0v) is 13.6. The molecule has 2 atom stereocenters. The minimum atomic E-state index is -0.808. The number of hydrogen-bond donors (Lipinski definition) is 2. The van der Waals surface area contributed by atoms with E-state index in [1.807, 2.05) is 13.8 Å². The van der Waals surface area contributed by atoms with Gasteiger partial charge in [0.15, 0.2) is 0 Å². The Balaban J connectivity index is 1.84. The van der Waals surface area contributed by atoms with Gasteiger partial charge in [0.25, 0.3) is 0 Å². The number of rotatable bonds is 8. The third-order valence-corrected chi connectivity index (χ3v) is 4.78.